The Morgan fingerprint density at radius 2 is 2.21 bits per heavy atom. The van der Waals surface area contributed by atoms with Gasteiger partial charge in [0.15, 0.2) is 0 Å². The van der Waals surface area contributed by atoms with E-state index in [-0.39, 0.29) is 5.60 Å². The van der Waals surface area contributed by atoms with E-state index in [0.29, 0.717) is 5.92 Å². The SMILES string of the molecule is CNCc1sc(C2(C)CCCCO2)nc1CC(C)C. The van der Waals surface area contributed by atoms with Crippen molar-refractivity contribution < 1.29 is 4.74 Å². The van der Waals surface area contributed by atoms with E-state index in [2.05, 4.69) is 26.1 Å². The van der Waals surface area contributed by atoms with Crippen LogP contribution in [0.4, 0.5) is 0 Å². The first-order valence-corrected chi connectivity index (χ1v) is 8.14. The molecule has 2 heterocycles. The Bertz CT molecular complexity index is 408. The first-order chi connectivity index (χ1) is 9.05. The lowest BCUT2D eigenvalue weighted by Crippen LogP contribution is -2.30. The number of ether oxygens (including phenoxy) is 1. The van der Waals surface area contributed by atoms with E-state index < -0.39 is 0 Å². The van der Waals surface area contributed by atoms with Crippen LogP contribution in [-0.4, -0.2) is 18.6 Å². The fraction of sp³-hybridized carbons (Fsp3) is 0.800. The van der Waals surface area contributed by atoms with Crippen molar-refractivity contribution in [2.24, 2.45) is 5.92 Å². The smallest absolute Gasteiger partial charge is 0.125 e. The summed E-state index contributed by atoms with van der Waals surface area (Å²) >= 11 is 1.83. The third kappa shape index (κ3) is 3.56. The molecular formula is C15H26N2OS. The van der Waals surface area contributed by atoms with Gasteiger partial charge in [-0.3, -0.25) is 0 Å². The molecule has 1 fully saturated rings. The van der Waals surface area contributed by atoms with E-state index in [9.17, 15) is 0 Å². The van der Waals surface area contributed by atoms with E-state index in [1.165, 1.54) is 28.4 Å². The van der Waals surface area contributed by atoms with Crippen molar-refractivity contribution >= 4 is 11.3 Å². The monoisotopic (exact) mass is 282 g/mol. The maximum atomic E-state index is 6.03. The largest absolute Gasteiger partial charge is 0.368 e. The van der Waals surface area contributed by atoms with Crippen LogP contribution in [0.15, 0.2) is 0 Å². The second-order valence-corrected chi connectivity index (χ2v) is 7.14. The van der Waals surface area contributed by atoms with E-state index in [1.54, 1.807) is 0 Å². The van der Waals surface area contributed by atoms with Gasteiger partial charge in [0.2, 0.25) is 0 Å². The highest BCUT2D eigenvalue weighted by molar-refractivity contribution is 7.11. The minimum Gasteiger partial charge on any atom is -0.368 e. The molecule has 0 saturated carbocycles. The number of aromatic nitrogens is 1. The summed E-state index contributed by atoms with van der Waals surface area (Å²) < 4.78 is 6.03. The van der Waals surface area contributed by atoms with E-state index >= 15 is 0 Å². The molecule has 1 aromatic heterocycles. The van der Waals surface area contributed by atoms with Crippen LogP contribution in [0.25, 0.3) is 0 Å². The number of hydrogen-bond donors (Lipinski definition) is 1. The van der Waals surface area contributed by atoms with Crippen molar-refractivity contribution in [3.8, 4) is 0 Å². The van der Waals surface area contributed by atoms with Gasteiger partial charge < -0.3 is 10.1 Å². The van der Waals surface area contributed by atoms with Crippen LogP contribution < -0.4 is 5.32 Å². The molecule has 2 rings (SSSR count). The van der Waals surface area contributed by atoms with Crippen molar-refractivity contribution in [1.29, 1.82) is 0 Å². The summed E-state index contributed by atoms with van der Waals surface area (Å²) in [5, 5.41) is 4.43. The Balaban J connectivity index is 2.25. The number of rotatable bonds is 5. The minimum absolute atomic E-state index is 0.152. The molecule has 108 valence electrons. The molecule has 19 heavy (non-hydrogen) atoms. The molecule has 0 aliphatic carbocycles. The van der Waals surface area contributed by atoms with Gasteiger partial charge in [0, 0.05) is 18.0 Å². The molecule has 1 aliphatic rings. The maximum Gasteiger partial charge on any atom is 0.125 e. The highest BCUT2D eigenvalue weighted by Gasteiger charge is 2.34. The zero-order valence-corrected chi connectivity index (χ0v) is 13.4. The normalized spacial score (nSPS) is 24.1. The number of hydrogen-bond acceptors (Lipinski definition) is 4. The molecule has 0 bridgehead atoms. The van der Waals surface area contributed by atoms with Gasteiger partial charge >= 0.3 is 0 Å². The topological polar surface area (TPSA) is 34.1 Å². The van der Waals surface area contributed by atoms with Crippen LogP contribution in [0.5, 0.6) is 0 Å². The second-order valence-electron chi connectivity index (χ2n) is 6.05. The first kappa shape index (κ1) is 14.9. The lowest BCUT2D eigenvalue weighted by Gasteiger charge is -2.31. The van der Waals surface area contributed by atoms with Gasteiger partial charge in [0.1, 0.15) is 10.6 Å². The molecule has 3 nitrogen and oxygen atoms in total. The summed E-state index contributed by atoms with van der Waals surface area (Å²) in [6, 6.07) is 0. The first-order valence-electron chi connectivity index (χ1n) is 7.33. The van der Waals surface area contributed by atoms with Crippen LogP contribution in [0.1, 0.15) is 55.6 Å². The molecule has 0 spiro atoms. The summed E-state index contributed by atoms with van der Waals surface area (Å²) in [4.78, 5) is 6.29. The predicted octanol–water partition coefficient (Wildman–Crippen LogP) is 3.48. The van der Waals surface area contributed by atoms with Gasteiger partial charge in [-0.1, -0.05) is 13.8 Å². The van der Waals surface area contributed by atoms with Crippen LogP contribution in [0.2, 0.25) is 0 Å². The predicted molar refractivity (Wildman–Crippen MR) is 80.6 cm³/mol. The molecule has 0 aromatic carbocycles. The second kappa shape index (κ2) is 6.33. The van der Waals surface area contributed by atoms with Gasteiger partial charge in [-0.05, 0) is 45.6 Å². The fourth-order valence-corrected chi connectivity index (χ4v) is 3.79. The summed E-state index contributed by atoms with van der Waals surface area (Å²) in [6.45, 7) is 8.49. The van der Waals surface area contributed by atoms with Crippen LogP contribution in [0, 0.1) is 5.92 Å². The maximum absolute atomic E-state index is 6.03. The lowest BCUT2D eigenvalue weighted by molar-refractivity contribution is -0.0702. The molecule has 4 heteroatoms. The highest BCUT2D eigenvalue weighted by atomic mass is 32.1. The molecule has 1 unspecified atom stereocenters. The summed E-state index contributed by atoms with van der Waals surface area (Å²) in [6.07, 6.45) is 4.59. The van der Waals surface area contributed by atoms with Crippen LogP contribution in [-0.2, 0) is 23.3 Å². The minimum atomic E-state index is -0.152. The molecule has 0 amide bonds. The van der Waals surface area contributed by atoms with Gasteiger partial charge in [0.05, 0.1) is 5.69 Å². The number of thiazole rings is 1. The third-order valence-corrected chi connectivity index (χ3v) is 4.98. The summed E-state index contributed by atoms with van der Waals surface area (Å²) in [5.41, 5.74) is 1.11. The van der Waals surface area contributed by atoms with Crippen molar-refractivity contribution in [3.05, 3.63) is 15.6 Å². The molecule has 1 aromatic rings. The molecule has 1 atom stereocenters. The van der Waals surface area contributed by atoms with Crippen molar-refractivity contribution in [3.63, 3.8) is 0 Å². The lowest BCUT2D eigenvalue weighted by atomic mass is 9.96. The number of nitrogens with one attached hydrogen (secondary N) is 1. The Labute approximate surface area is 120 Å². The fourth-order valence-electron chi connectivity index (χ4n) is 2.56. The molecular weight excluding hydrogens is 256 g/mol. The van der Waals surface area contributed by atoms with Gasteiger partial charge in [-0.15, -0.1) is 11.3 Å². The quantitative estimate of drug-likeness (QED) is 0.898. The highest BCUT2D eigenvalue weighted by Crippen LogP contribution is 2.38. The Morgan fingerprint density at radius 3 is 2.79 bits per heavy atom. The van der Waals surface area contributed by atoms with Gasteiger partial charge in [-0.25, -0.2) is 4.98 Å². The van der Waals surface area contributed by atoms with Crippen molar-refractivity contribution in [2.45, 2.75) is 58.6 Å². The number of nitrogens with zero attached hydrogens (tertiary/aromatic N) is 1. The zero-order chi connectivity index (χ0) is 13.9. The summed E-state index contributed by atoms with van der Waals surface area (Å²) in [7, 11) is 2.00. The average Bonchev–Trinajstić information content (AvgIpc) is 2.74. The van der Waals surface area contributed by atoms with Gasteiger partial charge in [0.25, 0.3) is 0 Å². The van der Waals surface area contributed by atoms with Crippen LogP contribution in [0.3, 0.4) is 0 Å². The Kier molecular flexibility index (Phi) is 4.98. The van der Waals surface area contributed by atoms with Crippen molar-refractivity contribution in [2.75, 3.05) is 13.7 Å². The van der Waals surface area contributed by atoms with E-state index in [0.717, 1.165) is 26.0 Å². The van der Waals surface area contributed by atoms with Gasteiger partial charge in [-0.2, -0.15) is 0 Å². The Hall–Kier alpha value is -0.450. The van der Waals surface area contributed by atoms with Crippen LogP contribution >= 0.6 is 11.3 Å². The van der Waals surface area contributed by atoms with E-state index in [4.69, 9.17) is 9.72 Å². The zero-order valence-electron chi connectivity index (χ0n) is 12.6. The van der Waals surface area contributed by atoms with Crippen molar-refractivity contribution in [1.82, 2.24) is 10.3 Å². The molecule has 1 N–H and O–H groups in total. The standard InChI is InChI=1S/C15H26N2OS/c1-11(2)9-12-13(10-16-4)19-14(17-12)15(3)7-5-6-8-18-15/h11,16H,5-10H2,1-4H3. The average molecular weight is 282 g/mol. The molecule has 1 aliphatic heterocycles. The van der Waals surface area contributed by atoms with E-state index in [1.807, 2.05) is 18.4 Å². The molecule has 0 radical (unpaired) electrons. The summed E-state index contributed by atoms with van der Waals surface area (Å²) in [5.74, 6) is 0.644. The molecule has 1 saturated heterocycles. The Morgan fingerprint density at radius 1 is 1.42 bits per heavy atom. The third-order valence-electron chi connectivity index (χ3n) is 3.64.